The van der Waals surface area contributed by atoms with Crippen molar-refractivity contribution < 1.29 is 9.47 Å². The van der Waals surface area contributed by atoms with Gasteiger partial charge in [0.15, 0.2) is 0 Å². The summed E-state index contributed by atoms with van der Waals surface area (Å²) in [6.45, 7) is 5.54. The number of anilines is 3. The summed E-state index contributed by atoms with van der Waals surface area (Å²) in [6.07, 6.45) is 8.35. The standard InChI is InChI=1S/C23H29N5O2/c1-6-21(30-20-7-9-24-10-8-20)15-22-17(1)16-25-23(27-22)26-18-2-4-19(5-3-18)28-11-13-29-14-12-28/h2-5,15-16,20,24H,1,6-14H2,(H,25,26,27). The Kier molecular flexibility index (Phi) is 5.81. The summed E-state index contributed by atoms with van der Waals surface area (Å²) in [5.74, 6) is 1.67. The zero-order chi connectivity index (χ0) is 20.2. The highest BCUT2D eigenvalue weighted by atomic mass is 16.5. The van der Waals surface area contributed by atoms with Gasteiger partial charge in [-0.1, -0.05) is 0 Å². The van der Waals surface area contributed by atoms with Crippen LogP contribution in [0.3, 0.4) is 0 Å². The van der Waals surface area contributed by atoms with E-state index >= 15 is 0 Å². The molecular weight excluding hydrogens is 378 g/mol. The molecule has 3 heterocycles. The number of fused-ring (bicyclic) bond motifs is 1. The molecule has 0 amide bonds. The third-order valence-electron chi connectivity index (χ3n) is 5.94. The van der Waals surface area contributed by atoms with Crippen molar-refractivity contribution in [3.63, 3.8) is 0 Å². The second-order valence-electron chi connectivity index (χ2n) is 8.05. The summed E-state index contributed by atoms with van der Waals surface area (Å²) < 4.78 is 11.7. The maximum atomic E-state index is 6.24. The molecule has 2 aromatic rings. The topological polar surface area (TPSA) is 71.5 Å². The van der Waals surface area contributed by atoms with Gasteiger partial charge >= 0.3 is 0 Å². The lowest BCUT2D eigenvalue weighted by Crippen LogP contribution is -2.36. The highest BCUT2D eigenvalue weighted by Crippen LogP contribution is 2.27. The van der Waals surface area contributed by atoms with Gasteiger partial charge in [-0.2, -0.15) is 0 Å². The Morgan fingerprint density at radius 1 is 1.07 bits per heavy atom. The summed E-state index contributed by atoms with van der Waals surface area (Å²) in [7, 11) is 0. The number of hydrogen-bond donors (Lipinski definition) is 2. The average Bonchev–Trinajstić information content (AvgIpc) is 2.81. The van der Waals surface area contributed by atoms with Crippen LogP contribution in [0.2, 0.25) is 0 Å². The molecular formula is C23H29N5O2. The van der Waals surface area contributed by atoms with E-state index < -0.39 is 0 Å². The number of aryl methyl sites for hydroxylation is 1. The molecule has 0 radical (unpaired) electrons. The van der Waals surface area contributed by atoms with Crippen LogP contribution in [0.5, 0.6) is 0 Å². The van der Waals surface area contributed by atoms with Crippen molar-refractivity contribution in [2.45, 2.75) is 31.8 Å². The Bertz CT molecular complexity index is 887. The van der Waals surface area contributed by atoms with Crippen LogP contribution in [0, 0.1) is 0 Å². The molecule has 0 atom stereocenters. The SMILES string of the molecule is C1=C(OC2CCNCC2)CCc2cnc(Nc3ccc(N4CCOCC4)cc3)nc21. The quantitative estimate of drug-likeness (QED) is 0.789. The van der Waals surface area contributed by atoms with Crippen LogP contribution < -0.4 is 15.5 Å². The predicted molar refractivity (Wildman–Crippen MR) is 118 cm³/mol. The molecule has 0 spiro atoms. The monoisotopic (exact) mass is 407 g/mol. The molecule has 5 rings (SSSR count). The maximum absolute atomic E-state index is 6.24. The van der Waals surface area contributed by atoms with Crippen molar-refractivity contribution in [2.24, 2.45) is 0 Å². The number of hydrogen-bond acceptors (Lipinski definition) is 7. The van der Waals surface area contributed by atoms with E-state index in [4.69, 9.17) is 14.5 Å². The number of ether oxygens (including phenoxy) is 2. The Morgan fingerprint density at radius 3 is 2.67 bits per heavy atom. The first-order valence-electron chi connectivity index (χ1n) is 11.0. The van der Waals surface area contributed by atoms with Gasteiger partial charge in [0, 0.05) is 43.2 Å². The van der Waals surface area contributed by atoms with Crippen molar-refractivity contribution in [3.8, 4) is 0 Å². The minimum atomic E-state index is 0.323. The number of piperidine rings is 1. The zero-order valence-corrected chi connectivity index (χ0v) is 17.3. The van der Waals surface area contributed by atoms with Crippen LogP contribution in [-0.2, 0) is 15.9 Å². The number of benzene rings is 1. The number of rotatable bonds is 5. The second kappa shape index (κ2) is 9.02. The molecule has 0 saturated carbocycles. The molecule has 2 fully saturated rings. The van der Waals surface area contributed by atoms with Gasteiger partial charge in [-0.15, -0.1) is 0 Å². The van der Waals surface area contributed by atoms with E-state index in [1.54, 1.807) is 0 Å². The van der Waals surface area contributed by atoms with Crippen molar-refractivity contribution in [3.05, 3.63) is 47.5 Å². The molecule has 1 aliphatic carbocycles. The van der Waals surface area contributed by atoms with E-state index in [0.29, 0.717) is 12.1 Å². The van der Waals surface area contributed by atoms with Gasteiger partial charge in [0.25, 0.3) is 0 Å². The third-order valence-corrected chi connectivity index (χ3v) is 5.94. The first-order chi connectivity index (χ1) is 14.8. The molecule has 158 valence electrons. The van der Waals surface area contributed by atoms with E-state index in [1.165, 1.54) is 11.3 Å². The summed E-state index contributed by atoms with van der Waals surface area (Å²) in [5.41, 5.74) is 4.35. The smallest absolute Gasteiger partial charge is 0.227 e. The molecule has 30 heavy (non-hydrogen) atoms. The summed E-state index contributed by atoms with van der Waals surface area (Å²) in [4.78, 5) is 11.6. The average molecular weight is 408 g/mol. The van der Waals surface area contributed by atoms with Crippen LogP contribution in [0.1, 0.15) is 30.5 Å². The Morgan fingerprint density at radius 2 is 1.87 bits per heavy atom. The lowest BCUT2D eigenvalue weighted by molar-refractivity contribution is 0.0842. The van der Waals surface area contributed by atoms with Gasteiger partial charge in [0.2, 0.25) is 5.95 Å². The number of morpholine rings is 1. The molecule has 2 saturated heterocycles. The van der Waals surface area contributed by atoms with E-state index in [9.17, 15) is 0 Å². The van der Waals surface area contributed by atoms with Gasteiger partial charge in [0.1, 0.15) is 6.10 Å². The molecule has 7 heteroatoms. The van der Waals surface area contributed by atoms with Crippen molar-refractivity contribution in [1.82, 2.24) is 15.3 Å². The second-order valence-corrected chi connectivity index (χ2v) is 8.05. The lowest BCUT2D eigenvalue weighted by Gasteiger charge is -2.28. The van der Waals surface area contributed by atoms with Gasteiger partial charge in [-0.05, 0) is 62.2 Å². The Hall–Kier alpha value is -2.64. The minimum Gasteiger partial charge on any atom is -0.495 e. The number of nitrogens with zero attached hydrogens (tertiary/aromatic N) is 3. The van der Waals surface area contributed by atoms with Crippen molar-refractivity contribution in [1.29, 1.82) is 0 Å². The molecule has 7 nitrogen and oxygen atoms in total. The molecule has 2 aliphatic heterocycles. The van der Waals surface area contributed by atoms with Crippen LogP contribution in [0.4, 0.5) is 17.3 Å². The number of nitrogens with one attached hydrogen (secondary N) is 2. The minimum absolute atomic E-state index is 0.323. The van der Waals surface area contributed by atoms with Gasteiger partial charge in [-0.25, -0.2) is 9.97 Å². The largest absolute Gasteiger partial charge is 0.495 e. The summed E-state index contributed by atoms with van der Waals surface area (Å²) in [5, 5.41) is 6.72. The summed E-state index contributed by atoms with van der Waals surface area (Å²) >= 11 is 0. The normalized spacial score (nSPS) is 19.7. The summed E-state index contributed by atoms with van der Waals surface area (Å²) in [6, 6.07) is 8.43. The van der Waals surface area contributed by atoms with E-state index in [0.717, 1.165) is 82.2 Å². The highest BCUT2D eigenvalue weighted by Gasteiger charge is 2.19. The van der Waals surface area contributed by atoms with E-state index in [-0.39, 0.29) is 0 Å². The number of allylic oxidation sites excluding steroid dienone is 1. The lowest BCUT2D eigenvalue weighted by atomic mass is 10.0. The molecule has 1 aromatic carbocycles. The van der Waals surface area contributed by atoms with Gasteiger partial charge in [-0.3, -0.25) is 0 Å². The molecule has 2 N–H and O–H groups in total. The fourth-order valence-corrected chi connectivity index (χ4v) is 4.21. The third kappa shape index (κ3) is 4.57. The predicted octanol–water partition coefficient (Wildman–Crippen LogP) is 3.11. The molecule has 3 aliphatic rings. The van der Waals surface area contributed by atoms with E-state index in [1.807, 2.05) is 6.20 Å². The fourth-order valence-electron chi connectivity index (χ4n) is 4.21. The van der Waals surface area contributed by atoms with Crippen LogP contribution in [0.15, 0.2) is 36.2 Å². The van der Waals surface area contributed by atoms with Crippen LogP contribution in [-0.4, -0.2) is 55.5 Å². The van der Waals surface area contributed by atoms with Gasteiger partial charge < -0.3 is 25.0 Å². The molecule has 0 unspecified atom stereocenters. The molecule has 0 bridgehead atoms. The van der Waals surface area contributed by atoms with Gasteiger partial charge in [0.05, 0.1) is 24.7 Å². The van der Waals surface area contributed by atoms with Crippen LogP contribution >= 0.6 is 0 Å². The van der Waals surface area contributed by atoms with E-state index in [2.05, 4.69) is 50.9 Å². The van der Waals surface area contributed by atoms with Crippen molar-refractivity contribution >= 4 is 23.4 Å². The first kappa shape index (κ1) is 19.3. The maximum Gasteiger partial charge on any atom is 0.227 e. The Labute approximate surface area is 177 Å². The fraction of sp³-hybridized carbons (Fsp3) is 0.478. The highest BCUT2D eigenvalue weighted by molar-refractivity contribution is 5.61. The van der Waals surface area contributed by atoms with Crippen molar-refractivity contribution in [2.75, 3.05) is 49.6 Å². The first-order valence-corrected chi connectivity index (χ1v) is 11.0. The zero-order valence-electron chi connectivity index (χ0n) is 17.3. The number of aromatic nitrogens is 2. The van der Waals surface area contributed by atoms with Crippen LogP contribution in [0.25, 0.3) is 6.08 Å². The molecule has 1 aromatic heterocycles. The Balaban J connectivity index is 1.26.